The molecule has 1 aliphatic rings. The van der Waals surface area contributed by atoms with Gasteiger partial charge in [-0.25, -0.2) is 0 Å². The Bertz CT molecular complexity index is 313. The molecule has 2 unspecified atom stereocenters. The highest BCUT2D eigenvalue weighted by atomic mass is 28.4. The number of rotatable bonds is 4. The van der Waals surface area contributed by atoms with E-state index < -0.39 is 16.6 Å². The summed E-state index contributed by atoms with van der Waals surface area (Å²) < 4.78 is 12.9. The fraction of sp³-hybridized carbons (Fsp3) is 0.867. The third kappa shape index (κ3) is 7.44. The topological polar surface area (TPSA) is 18.5 Å². The molecule has 0 radical (unpaired) electrons. The zero-order valence-electron chi connectivity index (χ0n) is 13.9. The maximum Gasteiger partial charge on any atom is 0.184 e. The maximum atomic E-state index is 6.44. The van der Waals surface area contributed by atoms with E-state index in [0.29, 0.717) is 6.10 Å². The molecule has 0 saturated heterocycles. The predicted molar refractivity (Wildman–Crippen MR) is 88.7 cm³/mol. The first-order valence-electron chi connectivity index (χ1n) is 7.58. The lowest BCUT2D eigenvalue weighted by Gasteiger charge is -2.37. The van der Waals surface area contributed by atoms with Crippen molar-refractivity contribution in [3.63, 3.8) is 0 Å². The van der Waals surface area contributed by atoms with Gasteiger partial charge >= 0.3 is 0 Å². The van der Waals surface area contributed by atoms with Gasteiger partial charge in [-0.05, 0) is 71.9 Å². The quantitative estimate of drug-likeness (QED) is 0.540. The van der Waals surface area contributed by atoms with Gasteiger partial charge in [-0.2, -0.15) is 0 Å². The third-order valence-corrected chi connectivity index (χ3v) is 5.15. The van der Waals surface area contributed by atoms with Crippen LogP contribution in [0.2, 0.25) is 39.3 Å². The van der Waals surface area contributed by atoms with Gasteiger partial charge in [-0.1, -0.05) is 11.6 Å². The predicted octanol–water partition coefficient (Wildman–Crippen LogP) is 4.95. The number of allylic oxidation sites excluding steroid dienone is 1. The molecule has 112 valence electrons. The van der Waals surface area contributed by atoms with Crippen LogP contribution in [0.4, 0.5) is 0 Å². The van der Waals surface area contributed by atoms with Gasteiger partial charge in [0.05, 0.1) is 12.2 Å². The second kappa shape index (κ2) is 6.70. The number of hydrogen-bond donors (Lipinski definition) is 0. The summed E-state index contributed by atoms with van der Waals surface area (Å²) in [6.45, 7) is 15.9. The Morgan fingerprint density at radius 2 is 1.47 bits per heavy atom. The van der Waals surface area contributed by atoms with E-state index in [1.807, 2.05) is 0 Å². The average molecular weight is 301 g/mol. The van der Waals surface area contributed by atoms with Crippen molar-refractivity contribution in [2.75, 3.05) is 0 Å². The normalized spacial score (nSPS) is 26.6. The molecule has 2 atom stereocenters. The largest absolute Gasteiger partial charge is 0.412 e. The van der Waals surface area contributed by atoms with Gasteiger partial charge in [0.1, 0.15) is 0 Å². The molecule has 0 fully saturated rings. The van der Waals surface area contributed by atoms with E-state index in [1.54, 1.807) is 0 Å². The van der Waals surface area contributed by atoms with E-state index in [4.69, 9.17) is 8.85 Å². The molecule has 0 amide bonds. The van der Waals surface area contributed by atoms with Gasteiger partial charge in [0.15, 0.2) is 16.6 Å². The molecule has 0 aromatic heterocycles. The highest BCUT2D eigenvalue weighted by molar-refractivity contribution is 6.70. The molecular formula is C15H32O2Si2. The molecule has 0 aliphatic heterocycles. The molecule has 0 spiro atoms. The van der Waals surface area contributed by atoms with Crippen LogP contribution in [0.5, 0.6) is 0 Å². The smallest absolute Gasteiger partial charge is 0.184 e. The molecule has 19 heavy (non-hydrogen) atoms. The molecular weight excluding hydrogens is 268 g/mol. The molecule has 4 heteroatoms. The van der Waals surface area contributed by atoms with Crippen LogP contribution < -0.4 is 0 Å². The monoisotopic (exact) mass is 300 g/mol. The first-order valence-corrected chi connectivity index (χ1v) is 14.4. The van der Waals surface area contributed by atoms with Crippen LogP contribution in [0.3, 0.4) is 0 Å². The average Bonchev–Trinajstić information content (AvgIpc) is 2.16. The van der Waals surface area contributed by atoms with Crippen LogP contribution in [0, 0.1) is 0 Å². The van der Waals surface area contributed by atoms with E-state index in [0.717, 1.165) is 12.8 Å². The first kappa shape index (κ1) is 17.1. The Labute approximate surface area is 121 Å². The molecule has 0 aromatic rings. The molecule has 0 bridgehead atoms. The molecule has 1 aliphatic carbocycles. The molecule has 0 saturated carbocycles. The van der Waals surface area contributed by atoms with Gasteiger partial charge in [0.2, 0.25) is 0 Å². The number of hydrogen-bond acceptors (Lipinski definition) is 2. The molecule has 1 rings (SSSR count). The summed E-state index contributed by atoms with van der Waals surface area (Å²) in [5.41, 5.74) is 1.46. The fourth-order valence-corrected chi connectivity index (χ4v) is 4.87. The van der Waals surface area contributed by atoms with E-state index >= 15 is 0 Å². The Kier molecular flexibility index (Phi) is 6.05. The summed E-state index contributed by atoms with van der Waals surface area (Å²) in [5, 5.41) is 0. The van der Waals surface area contributed by atoms with Crippen LogP contribution >= 0.6 is 0 Å². The van der Waals surface area contributed by atoms with Gasteiger partial charge in [-0.3, -0.25) is 0 Å². The highest BCUT2D eigenvalue weighted by Crippen LogP contribution is 2.27. The minimum absolute atomic E-state index is 0.259. The zero-order chi connectivity index (χ0) is 14.7. The Morgan fingerprint density at radius 1 is 0.947 bits per heavy atom. The SMILES string of the molecule is CC1=CCCCC(O[Si](C)(C)C)C(O[Si](C)(C)C)C1. The van der Waals surface area contributed by atoms with Crippen molar-refractivity contribution >= 4 is 16.6 Å². The minimum atomic E-state index is -1.52. The van der Waals surface area contributed by atoms with Crippen molar-refractivity contribution in [1.29, 1.82) is 0 Å². The van der Waals surface area contributed by atoms with Crippen LogP contribution in [0.25, 0.3) is 0 Å². The van der Waals surface area contributed by atoms with Crippen LogP contribution in [0.1, 0.15) is 32.6 Å². The van der Waals surface area contributed by atoms with E-state index in [-0.39, 0.29) is 6.10 Å². The van der Waals surface area contributed by atoms with Crippen LogP contribution in [-0.2, 0) is 8.85 Å². The first-order chi connectivity index (χ1) is 8.57. The molecule has 0 N–H and O–H groups in total. The lowest BCUT2D eigenvalue weighted by molar-refractivity contribution is 0.0363. The van der Waals surface area contributed by atoms with Crippen LogP contribution in [0.15, 0.2) is 11.6 Å². The van der Waals surface area contributed by atoms with Gasteiger partial charge in [0, 0.05) is 0 Å². The standard InChI is InChI=1S/C15H32O2Si2/c1-13-10-8-9-11-14(16-18(2,3)4)15(12-13)17-19(5,6)7/h10,14-15H,8-9,11-12H2,1-7H3. The van der Waals surface area contributed by atoms with Crippen molar-refractivity contribution in [3.05, 3.63) is 11.6 Å². The van der Waals surface area contributed by atoms with Crippen molar-refractivity contribution < 1.29 is 8.85 Å². The minimum Gasteiger partial charge on any atom is -0.412 e. The van der Waals surface area contributed by atoms with Crippen LogP contribution in [-0.4, -0.2) is 28.8 Å². The van der Waals surface area contributed by atoms with Crippen molar-refractivity contribution in [3.8, 4) is 0 Å². The highest BCUT2D eigenvalue weighted by Gasteiger charge is 2.32. The van der Waals surface area contributed by atoms with Gasteiger partial charge in [0.25, 0.3) is 0 Å². The Hall–Kier alpha value is 0.0938. The molecule has 0 heterocycles. The lowest BCUT2D eigenvalue weighted by Crippen LogP contribution is -2.45. The summed E-state index contributed by atoms with van der Waals surface area (Å²) in [6.07, 6.45) is 7.53. The van der Waals surface area contributed by atoms with Gasteiger partial charge in [-0.15, -0.1) is 0 Å². The van der Waals surface area contributed by atoms with E-state index in [2.05, 4.69) is 52.3 Å². The summed E-state index contributed by atoms with van der Waals surface area (Å²) in [5.74, 6) is 0. The van der Waals surface area contributed by atoms with E-state index in [9.17, 15) is 0 Å². The second-order valence-electron chi connectivity index (χ2n) is 7.72. The molecule has 0 aromatic carbocycles. The van der Waals surface area contributed by atoms with Crippen molar-refractivity contribution in [2.24, 2.45) is 0 Å². The van der Waals surface area contributed by atoms with Crippen molar-refractivity contribution in [1.82, 2.24) is 0 Å². The van der Waals surface area contributed by atoms with Gasteiger partial charge < -0.3 is 8.85 Å². The Morgan fingerprint density at radius 3 is 2.00 bits per heavy atom. The summed E-state index contributed by atoms with van der Waals surface area (Å²) in [6, 6.07) is 0. The lowest BCUT2D eigenvalue weighted by atomic mass is 9.96. The second-order valence-corrected chi connectivity index (χ2v) is 16.6. The summed E-state index contributed by atoms with van der Waals surface area (Å²) in [7, 11) is -3.03. The summed E-state index contributed by atoms with van der Waals surface area (Å²) >= 11 is 0. The third-order valence-electron chi connectivity index (χ3n) is 3.13. The molecule has 2 nitrogen and oxygen atoms in total. The fourth-order valence-electron chi connectivity index (χ4n) is 2.55. The zero-order valence-corrected chi connectivity index (χ0v) is 15.9. The maximum absolute atomic E-state index is 6.44. The van der Waals surface area contributed by atoms with E-state index in [1.165, 1.54) is 18.4 Å². The van der Waals surface area contributed by atoms with Crippen molar-refractivity contribution in [2.45, 2.75) is 84.1 Å². The summed E-state index contributed by atoms with van der Waals surface area (Å²) in [4.78, 5) is 0. The Balaban J connectivity index is 2.84.